The Bertz CT molecular complexity index is 809. The quantitative estimate of drug-likeness (QED) is 0.426. The molecule has 1 aromatic heterocycles. The highest BCUT2D eigenvalue weighted by Gasteiger charge is 2.06. The fourth-order valence-corrected chi connectivity index (χ4v) is 3.20. The first kappa shape index (κ1) is 18.8. The lowest BCUT2D eigenvalue weighted by molar-refractivity contribution is 1.20. The van der Waals surface area contributed by atoms with Gasteiger partial charge in [-0.15, -0.1) is 11.3 Å². The third-order valence-electron chi connectivity index (χ3n) is 3.86. The molecule has 25 heavy (non-hydrogen) atoms. The molecular weight excluding hydrogens is 324 g/mol. The van der Waals surface area contributed by atoms with E-state index in [1.807, 2.05) is 25.1 Å². The number of rotatable bonds is 7. The van der Waals surface area contributed by atoms with Gasteiger partial charge >= 0.3 is 0 Å². The Kier molecular flexibility index (Phi) is 6.84. The summed E-state index contributed by atoms with van der Waals surface area (Å²) in [5, 5.41) is 5.44. The molecule has 0 spiro atoms. The van der Waals surface area contributed by atoms with Crippen molar-refractivity contribution in [1.29, 1.82) is 0 Å². The predicted molar refractivity (Wildman–Crippen MR) is 114 cm³/mol. The van der Waals surface area contributed by atoms with Crippen molar-refractivity contribution in [3.05, 3.63) is 83.4 Å². The summed E-state index contributed by atoms with van der Waals surface area (Å²) < 4.78 is 0. The zero-order valence-corrected chi connectivity index (χ0v) is 16.0. The lowest BCUT2D eigenvalue weighted by atomic mass is 10.1. The van der Waals surface area contributed by atoms with Gasteiger partial charge in [0.2, 0.25) is 0 Å². The normalized spacial score (nSPS) is 12.6. The molecule has 0 saturated carbocycles. The van der Waals surface area contributed by atoms with Gasteiger partial charge in [0, 0.05) is 10.6 Å². The molecular formula is C22H26N2S. The van der Waals surface area contributed by atoms with Crippen LogP contribution < -0.4 is 11.1 Å². The van der Waals surface area contributed by atoms with Crippen LogP contribution in [0.3, 0.4) is 0 Å². The number of hydrogen-bond donors (Lipinski definition) is 2. The first-order valence-corrected chi connectivity index (χ1v) is 9.34. The van der Waals surface area contributed by atoms with Crippen molar-refractivity contribution in [3.8, 4) is 10.4 Å². The highest BCUT2D eigenvalue weighted by molar-refractivity contribution is 7.13. The molecule has 1 aromatic carbocycles. The van der Waals surface area contributed by atoms with E-state index in [-0.39, 0.29) is 0 Å². The third kappa shape index (κ3) is 5.23. The number of hydrogen-bond acceptors (Lipinski definition) is 3. The van der Waals surface area contributed by atoms with Crippen LogP contribution in [0.2, 0.25) is 0 Å². The Labute approximate surface area is 155 Å². The van der Waals surface area contributed by atoms with E-state index < -0.39 is 0 Å². The maximum atomic E-state index is 6.15. The van der Waals surface area contributed by atoms with E-state index in [4.69, 9.17) is 5.73 Å². The molecule has 0 radical (unpaired) electrons. The van der Waals surface area contributed by atoms with Gasteiger partial charge in [-0.25, -0.2) is 0 Å². The molecule has 3 N–H and O–H groups in total. The van der Waals surface area contributed by atoms with Crippen LogP contribution in [0.5, 0.6) is 0 Å². The van der Waals surface area contributed by atoms with Gasteiger partial charge in [0.15, 0.2) is 0 Å². The summed E-state index contributed by atoms with van der Waals surface area (Å²) in [5.41, 5.74) is 12.0. The van der Waals surface area contributed by atoms with E-state index in [9.17, 15) is 0 Å². The third-order valence-corrected chi connectivity index (χ3v) is 4.77. The molecule has 130 valence electrons. The maximum Gasteiger partial charge on any atom is 0.0624 e. The summed E-state index contributed by atoms with van der Waals surface area (Å²) in [6.07, 6.45) is 9.46. The van der Waals surface area contributed by atoms with E-state index in [0.717, 1.165) is 28.9 Å². The minimum atomic E-state index is 0.711. The molecule has 0 unspecified atom stereocenters. The number of anilines is 2. The lowest BCUT2D eigenvalue weighted by Gasteiger charge is -2.14. The molecule has 0 fully saturated rings. The van der Waals surface area contributed by atoms with Gasteiger partial charge in [0.25, 0.3) is 0 Å². The number of nitrogens with two attached hydrogens (primary N) is 1. The predicted octanol–water partition coefficient (Wildman–Crippen LogP) is 6.78. The molecule has 0 aliphatic heterocycles. The van der Waals surface area contributed by atoms with Crippen LogP contribution in [0.1, 0.15) is 27.2 Å². The smallest absolute Gasteiger partial charge is 0.0624 e. The fraction of sp³-hybridized carbons (Fsp3) is 0.182. The van der Waals surface area contributed by atoms with Gasteiger partial charge in [-0.1, -0.05) is 55.5 Å². The first-order valence-electron chi connectivity index (χ1n) is 8.46. The van der Waals surface area contributed by atoms with Gasteiger partial charge in [-0.2, -0.15) is 0 Å². The topological polar surface area (TPSA) is 38.0 Å². The molecule has 1 heterocycles. The second-order valence-electron chi connectivity index (χ2n) is 5.82. The molecule has 2 nitrogen and oxygen atoms in total. The Morgan fingerprint density at radius 1 is 1.28 bits per heavy atom. The van der Waals surface area contributed by atoms with Crippen LogP contribution in [0.25, 0.3) is 10.4 Å². The summed E-state index contributed by atoms with van der Waals surface area (Å²) in [6.45, 7) is 10.4. The van der Waals surface area contributed by atoms with Crippen LogP contribution in [0.4, 0.5) is 11.4 Å². The number of nitrogens with one attached hydrogen (secondary N) is 1. The lowest BCUT2D eigenvalue weighted by Crippen LogP contribution is -2.03. The highest BCUT2D eigenvalue weighted by Crippen LogP contribution is 2.31. The van der Waals surface area contributed by atoms with Crippen molar-refractivity contribution < 1.29 is 0 Å². The number of nitrogen functional groups attached to an aromatic ring is 1. The van der Waals surface area contributed by atoms with Gasteiger partial charge in [-0.3, -0.25) is 0 Å². The zero-order valence-electron chi connectivity index (χ0n) is 15.2. The van der Waals surface area contributed by atoms with E-state index in [2.05, 4.69) is 67.6 Å². The van der Waals surface area contributed by atoms with E-state index in [1.54, 1.807) is 11.3 Å². The van der Waals surface area contributed by atoms with Crippen LogP contribution in [0.15, 0.2) is 83.4 Å². The summed E-state index contributed by atoms with van der Waals surface area (Å²) in [7, 11) is 0. The monoisotopic (exact) mass is 350 g/mol. The molecule has 2 aromatic rings. The molecule has 0 atom stereocenters. The van der Waals surface area contributed by atoms with Crippen molar-refractivity contribution >= 4 is 22.7 Å². The molecule has 3 heteroatoms. The maximum absolute atomic E-state index is 6.15. The molecule has 0 aliphatic rings. The van der Waals surface area contributed by atoms with Crippen molar-refractivity contribution in [1.82, 2.24) is 0 Å². The average Bonchev–Trinajstić information content (AvgIpc) is 3.12. The molecule has 2 rings (SSSR count). The van der Waals surface area contributed by atoms with E-state index >= 15 is 0 Å². The minimum Gasteiger partial charge on any atom is -0.397 e. The summed E-state index contributed by atoms with van der Waals surface area (Å²) in [4.78, 5) is 1.22. The van der Waals surface area contributed by atoms with Crippen LogP contribution in [0, 0.1) is 0 Å². The highest BCUT2D eigenvalue weighted by atomic mass is 32.1. The second-order valence-corrected chi connectivity index (χ2v) is 6.76. The largest absolute Gasteiger partial charge is 0.397 e. The number of thiophene rings is 1. The molecule has 0 saturated heterocycles. The van der Waals surface area contributed by atoms with E-state index in [1.165, 1.54) is 10.5 Å². The van der Waals surface area contributed by atoms with Crippen LogP contribution in [-0.2, 0) is 0 Å². The van der Waals surface area contributed by atoms with Gasteiger partial charge in [0.1, 0.15) is 0 Å². The molecule has 0 amide bonds. The van der Waals surface area contributed by atoms with Gasteiger partial charge in [0.05, 0.1) is 11.4 Å². The Morgan fingerprint density at radius 3 is 2.72 bits per heavy atom. The first-order chi connectivity index (χ1) is 12.0. The molecule has 0 aliphatic carbocycles. The summed E-state index contributed by atoms with van der Waals surface area (Å²) >= 11 is 1.72. The standard InChI is InChI=1S/C22H26N2S/c1-5-8-16(3)10-11-18(6-2)17(4)24-21-15-19(12-13-20(21)23)22-9-7-14-25-22/h6-15,24H,4-5,23H2,1-3H3/b11-10-,16-8+,18-6+. The minimum absolute atomic E-state index is 0.711. The van der Waals surface area contributed by atoms with Gasteiger partial charge in [-0.05, 0) is 55.0 Å². The van der Waals surface area contributed by atoms with Crippen molar-refractivity contribution in [2.45, 2.75) is 27.2 Å². The summed E-state index contributed by atoms with van der Waals surface area (Å²) in [6, 6.07) is 10.2. The second kappa shape index (κ2) is 9.09. The molecule has 0 bridgehead atoms. The van der Waals surface area contributed by atoms with E-state index in [0.29, 0.717) is 5.69 Å². The fourth-order valence-electron chi connectivity index (χ4n) is 2.48. The Hall–Kier alpha value is -2.52. The van der Waals surface area contributed by atoms with Gasteiger partial charge < -0.3 is 11.1 Å². The Balaban J connectivity index is 2.19. The number of allylic oxidation sites excluding steroid dienone is 5. The SMILES string of the molecule is C=C(Nc1cc(-c2cccs2)ccc1N)C(/C=C\C(C)=C\CC)=C/C. The Morgan fingerprint density at radius 2 is 2.08 bits per heavy atom. The van der Waals surface area contributed by atoms with Crippen molar-refractivity contribution in [3.63, 3.8) is 0 Å². The summed E-state index contributed by atoms with van der Waals surface area (Å²) in [5.74, 6) is 0. The zero-order chi connectivity index (χ0) is 18.2. The van der Waals surface area contributed by atoms with Crippen LogP contribution in [-0.4, -0.2) is 0 Å². The number of benzene rings is 1. The van der Waals surface area contributed by atoms with Crippen molar-refractivity contribution in [2.75, 3.05) is 11.1 Å². The van der Waals surface area contributed by atoms with Crippen LogP contribution >= 0.6 is 11.3 Å². The average molecular weight is 351 g/mol. The van der Waals surface area contributed by atoms with Crippen molar-refractivity contribution in [2.24, 2.45) is 0 Å².